The highest BCUT2D eigenvalue weighted by molar-refractivity contribution is 6.14. The highest BCUT2D eigenvalue weighted by atomic mass is 15.0. The van der Waals surface area contributed by atoms with Gasteiger partial charge >= 0.3 is 0 Å². The molecule has 422 valence electrons. The second-order valence-electron chi connectivity index (χ2n) is 24.4. The maximum Gasteiger partial charge on any atom is 0.164 e. The van der Waals surface area contributed by atoms with Gasteiger partial charge in [0, 0.05) is 49.4 Å². The van der Waals surface area contributed by atoms with E-state index >= 15 is 0 Å². The van der Waals surface area contributed by atoms with Crippen LogP contribution in [0.1, 0.15) is 44.5 Å². The third-order valence-corrected chi connectivity index (χ3v) is 17.4. The normalized spacial score (nSPS) is 11.6. The predicted octanol–water partition coefficient (Wildman–Crippen LogP) is 21.9. The van der Waals surface area contributed by atoms with Crippen LogP contribution in [0.3, 0.4) is 0 Å². The number of rotatable bonds is 10. The summed E-state index contributed by atoms with van der Waals surface area (Å²) in [4.78, 5) is 15.8. The van der Waals surface area contributed by atoms with Crippen LogP contribution in [0.25, 0.3) is 145 Å². The second kappa shape index (κ2) is 21.6. The van der Waals surface area contributed by atoms with Gasteiger partial charge in [-0.1, -0.05) is 220 Å². The SMILES string of the molecule is Cc1cc(C)cc(-c2ccc3c(c2)c2cc(-c4cc(C)cc(C)c4)ccc2n3-c2ccccc2-c2cc(-c3nc(-c4ccccc4)nc(-c4ccccc4)n3)ccc2-n2c3ccc(-c4cc(C)cc(C)c4)cc3c3cc(-c4cc(C)cc(C)c4)ccc32)c1. The molecule has 12 aromatic carbocycles. The zero-order valence-corrected chi connectivity index (χ0v) is 50.9. The summed E-state index contributed by atoms with van der Waals surface area (Å²) in [5.41, 5.74) is 30.9. The van der Waals surface area contributed by atoms with Crippen molar-refractivity contribution >= 4 is 43.6 Å². The van der Waals surface area contributed by atoms with E-state index in [1.807, 2.05) is 36.4 Å². The molecule has 0 saturated heterocycles. The smallest absolute Gasteiger partial charge is 0.164 e. The minimum Gasteiger partial charge on any atom is -0.309 e. The lowest BCUT2D eigenvalue weighted by Gasteiger charge is -2.20. The lowest BCUT2D eigenvalue weighted by Crippen LogP contribution is -2.03. The number of benzene rings is 12. The lowest BCUT2D eigenvalue weighted by molar-refractivity contribution is 1.07. The van der Waals surface area contributed by atoms with Gasteiger partial charge in [-0.25, -0.2) is 15.0 Å². The Balaban J connectivity index is 1.02. The number of hydrogen-bond donors (Lipinski definition) is 0. The fraction of sp³-hybridized carbons (Fsp3) is 0.0964. The molecule has 0 bridgehead atoms. The van der Waals surface area contributed by atoms with Crippen LogP contribution in [0.2, 0.25) is 0 Å². The quantitative estimate of drug-likeness (QED) is 0.137. The van der Waals surface area contributed by atoms with Crippen molar-refractivity contribution in [3.05, 3.63) is 293 Å². The first-order valence-corrected chi connectivity index (χ1v) is 30.5. The molecule has 88 heavy (non-hydrogen) atoms. The molecule has 0 spiro atoms. The van der Waals surface area contributed by atoms with E-state index in [1.165, 1.54) is 111 Å². The monoisotopic (exact) mass is 1130 g/mol. The van der Waals surface area contributed by atoms with Crippen molar-refractivity contribution in [2.24, 2.45) is 0 Å². The van der Waals surface area contributed by atoms with Crippen molar-refractivity contribution in [1.82, 2.24) is 24.1 Å². The molecule has 0 aliphatic carbocycles. The number of aryl methyl sites for hydroxylation is 8. The molecule has 15 rings (SSSR count). The first-order valence-electron chi connectivity index (χ1n) is 30.5. The van der Waals surface area contributed by atoms with Crippen molar-refractivity contribution in [3.63, 3.8) is 0 Å². The molecule has 0 saturated carbocycles. The van der Waals surface area contributed by atoms with Crippen molar-refractivity contribution in [2.75, 3.05) is 0 Å². The molecule has 0 aliphatic rings. The maximum atomic E-state index is 5.34. The van der Waals surface area contributed by atoms with Crippen LogP contribution < -0.4 is 0 Å². The number of para-hydroxylation sites is 1. The zero-order chi connectivity index (χ0) is 59.9. The Labute approximate surface area is 514 Å². The Morgan fingerprint density at radius 2 is 0.489 bits per heavy atom. The van der Waals surface area contributed by atoms with E-state index in [1.54, 1.807) is 0 Å². The molecular weight excluding hydrogens is 1070 g/mol. The summed E-state index contributed by atoms with van der Waals surface area (Å²) >= 11 is 0. The van der Waals surface area contributed by atoms with Crippen LogP contribution in [0.5, 0.6) is 0 Å². The average Bonchev–Trinajstić information content (AvgIpc) is 1.62. The Hall–Kier alpha value is -10.8. The van der Waals surface area contributed by atoms with E-state index in [4.69, 9.17) is 15.0 Å². The molecule has 0 unspecified atom stereocenters. The summed E-state index contributed by atoms with van der Waals surface area (Å²) in [5.74, 6) is 1.82. The fourth-order valence-electron chi connectivity index (χ4n) is 13.8. The van der Waals surface area contributed by atoms with E-state index in [0.717, 1.165) is 61.3 Å². The molecule has 5 heteroatoms. The maximum absolute atomic E-state index is 5.34. The summed E-state index contributed by atoms with van der Waals surface area (Å²) in [5, 5.41) is 4.74. The minimum absolute atomic E-state index is 0.589. The van der Waals surface area contributed by atoms with E-state index in [2.05, 4.69) is 277 Å². The number of aromatic nitrogens is 5. The number of nitrogens with zero attached hydrogens (tertiary/aromatic N) is 5. The average molecular weight is 1130 g/mol. The topological polar surface area (TPSA) is 48.5 Å². The summed E-state index contributed by atoms with van der Waals surface area (Å²) in [7, 11) is 0. The molecule has 0 aliphatic heterocycles. The van der Waals surface area contributed by atoms with Crippen LogP contribution in [0.15, 0.2) is 249 Å². The van der Waals surface area contributed by atoms with Gasteiger partial charge in [-0.2, -0.15) is 0 Å². The van der Waals surface area contributed by atoms with Crippen LogP contribution in [0.4, 0.5) is 0 Å². The molecule has 15 aromatic rings. The Kier molecular flexibility index (Phi) is 13.3. The van der Waals surface area contributed by atoms with Crippen LogP contribution in [-0.4, -0.2) is 24.1 Å². The third kappa shape index (κ3) is 9.85. The number of hydrogen-bond acceptors (Lipinski definition) is 3. The molecule has 3 aromatic heterocycles. The zero-order valence-electron chi connectivity index (χ0n) is 50.9. The lowest BCUT2D eigenvalue weighted by atomic mass is 9.97. The second-order valence-corrected chi connectivity index (χ2v) is 24.4. The van der Waals surface area contributed by atoms with Crippen LogP contribution in [-0.2, 0) is 0 Å². The molecule has 0 radical (unpaired) electrons. The summed E-state index contributed by atoms with van der Waals surface area (Å²) in [6.45, 7) is 17.5. The van der Waals surface area contributed by atoms with Gasteiger partial charge in [0.1, 0.15) is 0 Å². The van der Waals surface area contributed by atoms with E-state index < -0.39 is 0 Å². The van der Waals surface area contributed by atoms with Crippen molar-refractivity contribution in [2.45, 2.75) is 55.4 Å². The Bertz CT molecular complexity index is 4940. The fourth-order valence-corrected chi connectivity index (χ4v) is 13.8. The molecule has 0 amide bonds. The van der Waals surface area contributed by atoms with Crippen LogP contribution in [0, 0.1) is 55.4 Å². The molecule has 0 atom stereocenters. The van der Waals surface area contributed by atoms with Crippen LogP contribution >= 0.6 is 0 Å². The van der Waals surface area contributed by atoms with E-state index in [0.29, 0.717) is 17.5 Å². The Morgan fingerprint density at radius 1 is 0.205 bits per heavy atom. The van der Waals surface area contributed by atoms with E-state index in [9.17, 15) is 0 Å². The standard InChI is InChI=1S/C83H65N5/c1-50-33-51(2)38-65(37-50)60-23-28-77-71(45-60)72-46-61(66-39-52(3)34-53(4)40-66)24-29-78(72)87(77)75-22-16-15-21-69(75)70-49-64(83-85-81(58-17-11-9-12-18-58)84-82(86-83)59-19-13-10-14-20-59)27-32-76(70)88-79-30-25-62(67-41-54(5)35-55(6)42-67)47-73(79)74-48-63(26-31-80(74)88)68-43-56(7)36-57(8)44-68/h9-49H,1-8H3. The van der Waals surface area contributed by atoms with Gasteiger partial charge in [-0.3, -0.25) is 0 Å². The highest BCUT2D eigenvalue weighted by Gasteiger charge is 2.24. The first-order chi connectivity index (χ1) is 42.8. The van der Waals surface area contributed by atoms with Gasteiger partial charge in [0.15, 0.2) is 17.5 Å². The molecule has 3 heterocycles. The van der Waals surface area contributed by atoms with Crippen molar-refractivity contribution in [1.29, 1.82) is 0 Å². The first kappa shape index (κ1) is 53.9. The van der Waals surface area contributed by atoms with Gasteiger partial charge < -0.3 is 9.13 Å². The molecule has 0 fully saturated rings. The largest absolute Gasteiger partial charge is 0.309 e. The Morgan fingerprint density at radius 3 is 0.830 bits per heavy atom. The molecule has 0 N–H and O–H groups in total. The third-order valence-electron chi connectivity index (χ3n) is 17.4. The van der Waals surface area contributed by atoms with Gasteiger partial charge in [0.2, 0.25) is 0 Å². The van der Waals surface area contributed by atoms with Gasteiger partial charge in [-0.15, -0.1) is 0 Å². The molecule has 5 nitrogen and oxygen atoms in total. The summed E-state index contributed by atoms with van der Waals surface area (Å²) in [6.07, 6.45) is 0. The highest BCUT2D eigenvalue weighted by Crippen LogP contribution is 2.45. The predicted molar refractivity (Wildman–Crippen MR) is 370 cm³/mol. The molecular formula is C83H65N5. The van der Waals surface area contributed by atoms with Gasteiger partial charge in [-0.05, 0) is 173 Å². The van der Waals surface area contributed by atoms with Gasteiger partial charge in [0.05, 0.1) is 33.4 Å². The minimum atomic E-state index is 0.589. The van der Waals surface area contributed by atoms with E-state index in [-0.39, 0.29) is 0 Å². The van der Waals surface area contributed by atoms with Crippen molar-refractivity contribution < 1.29 is 0 Å². The summed E-state index contributed by atoms with van der Waals surface area (Å²) < 4.78 is 4.99. The summed E-state index contributed by atoms with van der Waals surface area (Å²) in [6, 6.07) is 91.9. The van der Waals surface area contributed by atoms with Gasteiger partial charge in [0.25, 0.3) is 0 Å². The number of fused-ring (bicyclic) bond motifs is 6. The van der Waals surface area contributed by atoms with Crippen molar-refractivity contribution in [3.8, 4) is 101 Å².